The highest BCUT2D eigenvalue weighted by Gasteiger charge is 2.46. The number of hydrogen-bond acceptors (Lipinski definition) is 0. The highest BCUT2D eigenvalue weighted by molar-refractivity contribution is 5.13. The van der Waals surface area contributed by atoms with E-state index in [2.05, 4.69) is 69.2 Å². The van der Waals surface area contributed by atoms with Gasteiger partial charge in [0.05, 0.1) is 0 Å². The Balaban J connectivity index is 5.27. The molecule has 0 saturated heterocycles. The molecule has 0 heteroatoms. The van der Waals surface area contributed by atoms with Crippen molar-refractivity contribution in [1.82, 2.24) is 0 Å². The Morgan fingerprint density at radius 1 is 0.722 bits per heavy atom. The van der Waals surface area contributed by atoms with Crippen LogP contribution in [0.3, 0.4) is 0 Å². The maximum Gasteiger partial charge on any atom is -0.0249 e. The smallest absolute Gasteiger partial charge is 0.0249 e. The van der Waals surface area contributed by atoms with E-state index in [1.165, 1.54) is 19.3 Å². The lowest BCUT2D eigenvalue weighted by atomic mass is 9.52. The van der Waals surface area contributed by atoms with E-state index in [4.69, 9.17) is 0 Å². The normalized spacial score (nSPS) is 15.7. The molecule has 0 radical (unpaired) electrons. The lowest BCUT2D eigenvalue weighted by molar-refractivity contribution is -0.0218. The summed E-state index contributed by atoms with van der Waals surface area (Å²) in [6.45, 7) is 23.8. The fourth-order valence-electron chi connectivity index (χ4n) is 2.69. The molecule has 0 unspecified atom stereocenters. The summed E-state index contributed by atoms with van der Waals surface area (Å²) in [5.41, 5.74) is 4.17. The van der Waals surface area contributed by atoms with Gasteiger partial charge in [-0.25, -0.2) is 0 Å². The van der Waals surface area contributed by atoms with Crippen LogP contribution in [0.4, 0.5) is 0 Å². The number of hydrogen-bond donors (Lipinski definition) is 0. The summed E-state index contributed by atoms with van der Waals surface area (Å²) in [5, 5.41) is 0. The van der Waals surface area contributed by atoms with Crippen molar-refractivity contribution in [2.75, 3.05) is 0 Å². The average Bonchev–Trinajstić information content (AvgIpc) is 2.26. The lowest BCUT2D eigenvalue weighted by Crippen LogP contribution is -2.44. The van der Waals surface area contributed by atoms with Crippen molar-refractivity contribution in [3.8, 4) is 0 Å². The van der Waals surface area contributed by atoms with Crippen LogP contribution >= 0.6 is 0 Å². The van der Waals surface area contributed by atoms with Crippen LogP contribution in [0.2, 0.25) is 0 Å². The van der Waals surface area contributed by atoms with Gasteiger partial charge in [0.2, 0.25) is 0 Å². The van der Waals surface area contributed by atoms with Crippen LogP contribution in [0.5, 0.6) is 0 Å². The van der Waals surface area contributed by atoms with E-state index >= 15 is 0 Å². The molecule has 0 fully saturated rings. The van der Waals surface area contributed by atoms with E-state index in [-0.39, 0.29) is 0 Å². The minimum absolute atomic E-state index is 0.323. The second kappa shape index (κ2) is 5.80. The Hall–Kier alpha value is -0.260. The zero-order valence-electron chi connectivity index (χ0n) is 14.6. The zero-order valence-corrected chi connectivity index (χ0v) is 14.6. The van der Waals surface area contributed by atoms with Crippen LogP contribution < -0.4 is 0 Å². The third kappa shape index (κ3) is 3.39. The predicted molar refractivity (Wildman–Crippen MR) is 84.9 cm³/mol. The second-order valence-corrected chi connectivity index (χ2v) is 7.84. The Kier molecular flexibility index (Phi) is 5.72. The molecule has 0 atom stereocenters. The van der Waals surface area contributed by atoms with Gasteiger partial charge in [0, 0.05) is 0 Å². The molecular weight excluding hydrogens is 216 g/mol. The van der Waals surface area contributed by atoms with Gasteiger partial charge in [-0.2, -0.15) is 0 Å². The highest BCUT2D eigenvalue weighted by Crippen LogP contribution is 2.55. The SMILES string of the molecule is CCC(C)=C(C)CC(C)(C)C(C)(C)C(C)(C)CC. The molecule has 0 spiro atoms. The highest BCUT2D eigenvalue weighted by atomic mass is 14.5. The van der Waals surface area contributed by atoms with Crippen LogP contribution in [0.25, 0.3) is 0 Å². The van der Waals surface area contributed by atoms with Gasteiger partial charge in [-0.15, -0.1) is 0 Å². The zero-order chi connectivity index (χ0) is 14.8. The Bertz CT molecular complexity index is 300. The Morgan fingerprint density at radius 2 is 1.17 bits per heavy atom. The molecule has 0 rings (SSSR count). The van der Waals surface area contributed by atoms with Gasteiger partial charge in [-0.05, 0) is 42.9 Å². The van der Waals surface area contributed by atoms with Crippen LogP contribution in [0.1, 0.15) is 88.5 Å². The minimum Gasteiger partial charge on any atom is -0.0747 e. The molecule has 108 valence electrons. The molecule has 0 heterocycles. The second-order valence-electron chi connectivity index (χ2n) is 7.84. The minimum atomic E-state index is 0.323. The maximum absolute atomic E-state index is 2.45. The molecule has 18 heavy (non-hydrogen) atoms. The van der Waals surface area contributed by atoms with E-state index in [0.717, 1.165) is 0 Å². The van der Waals surface area contributed by atoms with E-state index in [0.29, 0.717) is 16.2 Å². The molecule has 0 nitrogen and oxygen atoms in total. The fourth-order valence-corrected chi connectivity index (χ4v) is 2.69. The van der Waals surface area contributed by atoms with E-state index in [9.17, 15) is 0 Å². The summed E-state index contributed by atoms with van der Waals surface area (Å²) in [5.74, 6) is 0. The molecule has 0 aliphatic heterocycles. The monoisotopic (exact) mass is 252 g/mol. The summed E-state index contributed by atoms with van der Waals surface area (Å²) in [4.78, 5) is 0. The molecular formula is C18H36. The van der Waals surface area contributed by atoms with Gasteiger partial charge in [0.1, 0.15) is 0 Å². The molecule has 0 saturated carbocycles. The average molecular weight is 252 g/mol. The molecule has 0 aliphatic carbocycles. The summed E-state index contributed by atoms with van der Waals surface area (Å²) < 4.78 is 0. The van der Waals surface area contributed by atoms with Crippen LogP contribution in [-0.4, -0.2) is 0 Å². The first-order valence-corrected chi connectivity index (χ1v) is 7.58. The van der Waals surface area contributed by atoms with Crippen LogP contribution in [0.15, 0.2) is 11.1 Å². The fraction of sp³-hybridized carbons (Fsp3) is 0.889. The molecule has 0 N–H and O–H groups in total. The van der Waals surface area contributed by atoms with Gasteiger partial charge in [0.15, 0.2) is 0 Å². The molecule has 0 aromatic carbocycles. The van der Waals surface area contributed by atoms with Crippen molar-refractivity contribution >= 4 is 0 Å². The van der Waals surface area contributed by atoms with Gasteiger partial charge in [-0.1, -0.05) is 73.0 Å². The third-order valence-corrected chi connectivity index (χ3v) is 6.23. The largest absolute Gasteiger partial charge is 0.0747 e. The van der Waals surface area contributed by atoms with E-state index < -0.39 is 0 Å². The standard InChI is InChI=1S/C18H36/c1-11-14(3)15(4)13-17(7,8)18(9,10)16(5,6)12-2/h11-13H2,1-10H3. The van der Waals surface area contributed by atoms with Crippen LogP contribution in [0, 0.1) is 16.2 Å². The van der Waals surface area contributed by atoms with E-state index in [1.54, 1.807) is 11.1 Å². The summed E-state index contributed by atoms with van der Waals surface area (Å²) >= 11 is 0. The lowest BCUT2D eigenvalue weighted by Gasteiger charge is -2.52. The van der Waals surface area contributed by atoms with Gasteiger partial charge < -0.3 is 0 Å². The van der Waals surface area contributed by atoms with Crippen molar-refractivity contribution in [2.45, 2.75) is 88.5 Å². The predicted octanol–water partition coefficient (Wildman–Crippen LogP) is 6.61. The number of rotatable bonds is 6. The van der Waals surface area contributed by atoms with Crippen molar-refractivity contribution < 1.29 is 0 Å². The summed E-state index contributed by atoms with van der Waals surface area (Å²) in [6, 6.07) is 0. The molecule has 0 aliphatic rings. The maximum atomic E-state index is 2.45. The van der Waals surface area contributed by atoms with Gasteiger partial charge in [0.25, 0.3) is 0 Å². The quantitative estimate of drug-likeness (QED) is 0.466. The van der Waals surface area contributed by atoms with Crippen LogP contribution in [-0.2, 0) is 0 Å². The molecule has 0 aromatic rings. The molecule has 0 aromatic heterocycles. The topological polar surface area (TPSA) is 0 Å². The first-order valence-electron chi connectivity index (χ1n) is 7.58. The van der Waals surface area contributed by atoms with Crippen molar-refractivity contribution in [3.63, 3.8) is 0 Å². The van der Waals surface area contributed by atoms with Gasteiger partial charge >= 0.3 is 0 Å². The Labute approximate surface area is 116 Å². The summed E-state index contributed by atoms with van der Waals surface area (Å²) in [6.07, 6.45) is 3.63. The molecule has 0 bridgehead atoms. The number of allylic oxidation sites excluding steroid dienone is 2. The molecule has 0 amide bonds. The van der Waals surface area contributed by atoms with Crippen molar-refractivity contribution in [3.05, 3.63) is 11.1 Å². The first kappa shape index (κ1) is 17.7. The van der Waals surface area contributed by atoms with Crippen molar-refractivity contribution in [1.29, 1.82) is 0 Å². The third-order valence-electron chi connectivity index (χ3n) is 6.23. The van der Waals surface area contributed by atoms with Crippen molar-refractivity contribution in [2.24, 2.45) is 16.2 Å². The summed E-state index contributed by atoms with van der Waals surface area (Å²) in [7, 11) is 0. The van der Waals surface area contributed by atoms with E-state index in [1.807, 2.05) is 0 Å². The van der Waals surface area contributed by atoms with Gasteiger partial charge in [-0.3, -0.25) is 0 Å². The Morgan fingerprint density at radius 3 is 1.50 bits per heavy atom. The first-order chi connectivity index (χ1) is 7.93.